The molecule has 0 unspecified atom stereocenters. The molecule has 0 saturated carbocycles. The Morgan fingerprint density at radius 3 is 2.08 bits per heavy atom. The minimum absolute atomic E-state index is 0.125. The number of aromatic amines is 1. The molecule has 3 heterocycles. The number of hydrogen-bond acceptors (Lipinski definition) is 1. The molecule has 37 heavy (non-hydrogen) atoms. The lowest BCUT2D eigenvalue weighted by Crippen LogP contribution is -2.17. The number of rotatable bonds is 4. The molecule has 1 N–H and O–H groups in total. The highest BCUT2D eigenvalue weighted by Crippen LogP contribution is 2.57. The van der Waals surface area contributed by atoms with Gasteiger partial charge in [0, 0.05) is 45.0 Å². The van der Waals surface area contributed by atoms with Crippen molar-refractivity contribution in [3.8, 4) is 5.75 Å². The topological polar surface area (TPSA) is 29.9 Å². The summed E-state index contributed by atoms with van der Waals surface area (Å²) in [6.07, 6.45) is 0. The zero-order valence-corrected chi connectivity index (χ0v) is 21.4. The van der Waals surface area contributed by atoms with Crippen LogP contribution in [0, 0.1) is 13.8 Å². The molecular formula is C34H30N2O. The third-order valence-electron chi connectivity index (χ3n) is 8.43. The smallest absolute Gasteiger partial charge is 0.119 e. The molecule has 0 spiro atoms. The van der Waals surface area contributed by atoms with Gasteiger partial charge in [-0.1, -0.05) is 78.9 Å². The van der Waals surface area contributed by atoms with Crippen LogP contribution in [0.1, 0.15) is 51.5 Å². The highest BCUT2D eigenvalue weighted by Gasteiger charge is 2.46. The Morgan fingerprint density at radius 1 is 0.703 bits per heavy atom. The fourth-order valence-electron chi connectivity index (χ4n) is 6.78. The minimum Gasteiger partial charge on any atom is -0.497 e. The molecule has 182 valence electrons. The summed E-state index contributed by atoms with van der Waals surface area (Å²) in [7, 11) is 1.75. The van der Waals surface area contributed by atoms with E-state index >= 15 is 0 Å². The van der Waals surface area contributed by atoms with Crippen LogP contribution in [-0.4, -0.2) is 16.7 Å². The summed E-state index contributed by atoms with van der Waals surface area (Å²) in [5, 5.41) is 2.56. The maximum atomic E-state index is 5.64. The van der Waals surface area contributed by atoms with E-state index in [0.717, 1.165) is 5.75 Å². The molecule has 1 aliphatic rings. The molecule has 0 bridgehead atoms. The minimum atomic E-state index is 0.125. The van der Waals surface area contributed by atoms with Crippen LogP contribution >= 0.6 is 0 Å². The predicted octanol–water partition coefficient (Wildman–Crippen LogP) is 8.27. The van der Waals surface area contributed by atoms with Gasteiger partial charge in [0.05, 0.1) is 13.2 Å². The number of aromatic nitrogens is 2. The second-order valence-corrected chi connectivity index (χ2v) is 10.2. The third kappa shape index (κ3) is 3.20. The number of ether oxygens (including phenoxy) is 1. The van der Waals surface area contributed by atoms with Gasteiger partial charge in [-0.2, -0.15) is 0 Å². The van der Waals surface area contributed by atoms with Crippen molar-refractivity contribution < 1.29 is 4.74 Å². The van der Waals surface area contributed by atoms with E-state index in [2.05, 4.69) is 127 Å². The molecule has 3 nitrogen and oxygen atoms in total. The Kier molecular flexibility index (Phi) is 5.00. The molecule has 3 atom stereocenters. The van der Waals surface area contributed by atoms with E-state index in [1.807, 2.05) is 0 Å². The summed E-state index contributed by atoms with van der Waals surface area (Å²) in [5.74, 6) is 1.36. The first-order valence-corrected chi connectivity index (χ1v) is 13.0. The van der Waals surface area contributed by atoms with Gasteiger partial charge in [0.2, 0.25) is 0 Å². The number of H-pyrrole nitrogens is 1. The number of para-hydroxylation sites is 1. The Bertz CT molecular complexity index is 1740. The van der Waals surface area contributed by atoms with E-state index in [-0.39, 0.29) is 17.9 Å². The lowest BCUT2D eigenvalue weighted by Gasteiger charge is -2.27. The van der Waals surface area contributed by atoms with Crippen molar-refractivity contribution in [1.29, 1.82) is 0 Å². The van der Waals surface area contributed by atoms with E-state index in [1.165, 1.54) is 55.4 Å². The highest BCUT2D eigenvalue weighted by atomic mass is 16.5. The maximum absolute atomic E-state index is 5.64. The molecule has 7 rings (SSSR count). The van der Waals surface area contributed by atoms with Crippen LogP contribution in [0.3, 0.4) is 0 Å². The average Bonchev–Trinajstić information content (AvgIpc) is 3.57. The van der Waals surface area contributed by atoms with Crippen LogP contribution in [0.4, 0.5) is 0 Å². The molecule has 4 aromatic carbocycles. The van der Waals surface area contributed by atoms with Crippen molar-refractivity contribution in [3.05, 3.63) is 137 Å². The summed E-state index contributed by atoms with van der Waals surface area (Å²) >= 11 is 0. The largest absolute Gasteiger partial charge is 0.497 e. The summed E-state index contributed by atoms with van der Waals surface area (Å²) in [4.78, 5) is 3.87. The van der Waals surface area contributed by atoms with Gasteiger partial charge in [0.1, 0.15) is 5.75 Å². The standard InChI is InChI=1S/C34H30N2O/c1-21-26-16-10-11-17-28(26)35-32(21)34-31(24-14-8-5-9-15-24)30(23-12-6-4-7-13-23)33-22(2)27-20-25(37-3)18-19-29(27)36(33)34/h4-20,30-31,34-35H,1-3H3/t30-,31-,34-/m1/s1. The zero-order chi connectivity index (χ0) is 25.1. The van der Waals surface area contributed by atoms with E-state index < -0.39 is 0 Å². The summed E-state index contributed by atoms with van der Waals surface area (Å²) < 4.78 is 8.26. The Hall–Kier alpha value is -4.24. The second kappa shape index (κ2) is 8.41. The molecule has 2 aromatic heterocycles. The summed E-state index contributed by atoms with van der Waals surface area (Å²) in [5.41, 5.74) is 10.5. The van der Waals surface area contributed by atoms with E-state index in [0.29, 0.717) is 0 Å². The van der Waals surface area contributed by atoms with Gasteiger partial charge < -0.3 is 14.3 Å². The third-order valence-corrected chi connectivity index (χ3v) is 8.43. The van der Waals surface area contributed by atoms with Crippen molar-refractivity contribution >= 4 is 21.8 Å². The Labute approximate surface area is 217 Å². The molecule has 0 amide bonds. The number of methoxy groups -OCH3 is 1. The summed E-state index contributed by atoms with van der Waals surface area (Å²) in [6.45, 7) is 4.55. The van der Waals surface area contributed by atoms with Crippen molar-refractivity contribution in [3.63, 3.8) is 0 Å². The molecule has 0 aliphatic carbocycles. The van der Waals surface area contributed by atoms with Crippen molar-refractivity contribution in [1.82, 2.24) is 9.55 Å². The van der Waals surface area contributed by atoms with E-state index in [1.54, 1.807) is 7.11 Å². The number of benzene rings is 4. The van der Waals surface area contributed by atoms with Gasteiger partial charge in [-0.3, -0.25) is 0 Å². The fraction of sp³-hybridized carbons (Fsp3) is 0.176. The molecule has 3 heteroatoms. The van der Waals surface area contributed by atoms with Gasteiger partial charge in [-0.15, -0.1) is 0 Å². The van der Waals surface area contributed by atoms with Crippen LogP contribution in [0.15, 0.2) is 103 Å². The Balaban J connectivity index is 1.60. The second-order valence-electron chi connectivity index (χ2n) is 10.2. The first-order valence-electron chi connectivity index (χ1n) is 13.0. The molecule has 0 radical (unpaired) electrons. The van der Waals surface area contributed by atoms with Crippen LogP contribution in [0.25, 0.3) is 21.8 Å². The van der Waals surface area contributed by atoms with Crippen molar-refractivity contribution in [2.45, 2.75) is 31.7 Å². The van der Waals surface area contributed by atoms with Gasteiger partial charge in [-0.25, -0.2) is 0 Å². The lowest BCUT2D eigenvalue weighted by atomic mass is 9.76. The number of nitrogens with one attached hydrogen (secondary N) is 1. The summed E-state index contributed by atoms with van der Waals surface area (Å²) in [6, 6.07) is 37.5. The Morgan fingerprint density at radius 2 is 1.38 bits per heavy atom. The zero-order valence-electron chi connectivity index (χ0n) is 21.4. The molecular weight excluding hydrogens is 452 g/mol. The van der Waals surface area contributed by atoms with E-state index in [4.69, 9.17) is 4.74 Å². The van der Waals surface area contributed by atoms with Crippen LogP contribution in [-0.2, 0) is 0 Å². The van der Waals surface area contributed by atoms with Gasteiger partial charge in [0.25, 0.3) is 0 Å². The normalized spacial score (nSPS) is 18.9. The molecule has 0 fully saturated rings. The number of hydrogen-bond donors (Lipinski definition) is 1. The SMILES string of the molecule is COc1ccc2c(c1)c(C)c1n2[C@@H](c2[nH]c3ccccc3c2C)[C@H](c2ccccc2)[C@H]1c1ccccc1. The van der Waals surface area contributed by atoms with Crippen LogP contribution in [0.5, 0.6) is 5.75 Å². The van der Waals surface area contributed by atoms with E-state index in [9.17, 15) is 0 Å². The maximum Gasteiger partial charge on any atom is 0.119 e. The first-order chi connectivity index (χ1) is 18.2. The fourth-order valence-corrected chi connectivity index (χ4v) is 6.78. The molecule has 0 saturated heterocycles. The van der Waals surface area contributed by atoms with Crippen LogP contribution < -0.4 is 4.74 Å². The quantitative estimate of drug-likeness (QED) is 0.269. The number of nitrogens with zero attached hydrogens (tertiary/aromatic N) is 1. The monoisotopic (exact) mass is 482 g/mol. The molecule has 6 aromatic rings. The van der Waals surface area contributed by atoms with Gasteiger partial charge >= 0.3 is 0 Å². The number of fused-ring (bicyclic) bond motifs is 4. The lowest BCUT2D eigenvalue weighted by molar-refractivity contribution is 0.415. The van der Waals surface area contributed by atoms with Crippen molar-refractivity contribution in [2.75, 3.05) is 7.11 Å². The van der Waals surface area contributed by atoms with Crippen molar-refractivity contribution in [2.24, 2.45) is 0 Å². The first kappa shape index (κ1) is 22.0. The molecule has 1 aliphatic heterocycles. The van der Waals surface area contributed by atoms with Gasteiger partial charge in [0.15, 0.2) is 0 Å². The predicted molar refractivity (Wildman–Crippen MR) is 152 cm³/mol. The van der Waals surface area contributed by atoms with Gasteiger partial charge in [-0.05, 0) is 60.4 Å². The highest BCUT2D eigenvalue weighted by molar-refractivity contribution is 5.89. The average molecular weight is 483 g/mol. The number of aryl methyl sites for hydroxylation is 2. The van der Waals surface area contributed by atoms with Crippen LogP contribution in [0.2, 0.25) is 0 Å².